The Morgan fingerprint density at radius 3 is 2.90 bits per heavy atom. The minimum atomic E-state index is -0.559. The average molecular weight is 294 g/mol. The molecule has 1 amide bonds. The van der Waals surface area contributed by atoms with E-state index >= 15 is 0 Å². The fourth-order valence-electron chi connectivity index (χ4n) is 2.56. The normalized spacial score (nSPS) is 18.4. The maximum absolute atomic E-state index is 12.6. The van der Waals surface area contributed by atoms with Gasteiger partial charge in [0, 0.05) is 18.7 Å². The second-order valence-corrected chi connectivity index (χ2v) is 4.96. The fraction of sp³-hybridized carbons (Fsp3) is 0.462. The van der Waals surface area contributed by atoms with Crippen molar-refractivity contribution in [3.8, 4) is 0 Å². The SMILES string of the molecule is NNc1ccc([N+](=O)[O-])cc1C(=O)N1CCCCC1CO. The summed E-state index contributed by atoms with van der Waals surface area (Å²) in [5.41, 5.74) is 2.68. The van der Waals surface area contributed by atoms with Gasteiger partial charge < -0.3 is 15.4 Å². The van der Waals surface area contributed by atoms with E-state index in [-0.39, 0.29) is 29.8 Å². The number of carbonyl (C=O) groups is 1. The van der Waals surface area contributed by atoms with Crippen LogP contribution in [0.1, 0.15) is 29.6 Å². The lowest BCUT2D eigenvalue weighted by Gasteiger charge is -2.35. The van der Waals surface area contributed by atoms with Gasteiger partial charge in [0.15, 0.2) is 0 Å². The van der Waals surface area contributed by atoms with Crippen molar-refractivity contribution < 1.29 is 14.8 Å². The number of nitrogens with two attached hydrogens (primary N) is 1. The number of amides is 1. The number of hydrogen-bond donors (Lipinski definition) is 3. The predicted octanol–water partition coefficient (Wildman–Crippen LogP) is 0.867. The molecule has 21 heavy (non-hydrogen) atoms. The Morgan fingerprint density at radius 1 is 1.52 bits per heavy atom. The van der Waals surface area contributed by atoms with Gasteiger partial charge in [-0.25, -0.2) is 0 Å². The lowest BCUT2D eigenvalue weighted by Crippen LogP contribution is -2.45. The molecule has 0 aliphatic carbocycles. The van der Waals surface area contributed by atoms with Gasteiger partial charge in [-0.3, -0.25) is 20.8 Å². The smallest absolute Gasteiger partial charge is 0.270 e. The van der Waals surface area contributed by atoms with Gasteiger partial charge in [0.2, 0.25) is 0 Å². The molecule has 8 nitrogen and oxygen atoms in total. The summed E-state index contributed by atoms with van der Waals surface area (Å²) in [6.07, 6.45) is 2.52. The van der Waals surface area contributed by atoms with E-state index < -0.39 is 4.92 Å². The lowest BCUT2D eigenvalue weighted by atomic mass is 10.0. The Kier molecular flexibility index (Phi) is 4.71. The van der Waals surface area contributed by atoms with Gasteiger partial charge in [-0.15, -0.1) is 0 Å². The second-order valence-electron chi connectivity index (χ2n) is 4.96. The van der Waals surface area contributed by atoms with Crippen LogP contribution in [0.25, 0.3) is 0 Å². The van der Waals surface area contributed by atoms with E-state index in [1.807, 2.05) is 0 Å². The average Bonchev–Trinajstić information content (AvgIpc) is 2.53. The number of piperidine rings is 1. The maximum Gasteiger partial charge on any atom is 0.270 e. The van der Waals surface area contributed by atoms with Crippen LogP contribution in [0.4, 0.5) is 11.4 Å². The van der Waals surface area contributed by atoms with Crippen LogP contribution < -0.4 is 11.3 Å². The first-order chi connectivity index (χ1) is 10.1. The first-order valence-electron chi connectivity index (χ1n) is 6.75. The molecule has 0 saturated carbocycles. The summed E-state index contributed by atoms with van der Waals surface area (Å²) in [6, 6.07) is 3.64. The lowest BCUT2D eigenvalue weighted by molar-refractivity contribution is -0.384. The number of nitro groups is 1. The van der Waals surface area contributed by atoms with Crippen LogP contribution in [0, 0.1) is 10.1 Å². The third kappa shape index (κ3) is 3.11. The summed E-state index contributed by atoms with van der Waals surface area (Å²) in [7, 11) is 0. The van der Waals surface area contributed by atoms with E-state index in [1.54, 1.807) is 4.90 Å². The third-order valence-corrected chi connectivity index (χ3v) is 3.70. The maximum atomic E-state index is 12.6. The first-order valence-corrected chi connectivity index (χ1v) is 6.75. The fourth-order valence-corrected chi connectivity index (χ4v) is 2.56. The standard InChI is InChI=1S/C13H18N4O4/c14-15-12-5-4-9(17(20)21)7-11(12)13(19)16-6-2-1-3-10(16)8-18/h4-5,7,10,15,18H,1-3,6,8,14H2. The number of hydrazine groups is 1. The second kappa shape index (κ2) is 6.51. The van der Waals surface area contributed by atoms with Crippen LogP contribution in [0.2, 0.25) is 0 Å². The van der Waals surface area contributed by atoms with Gasteiger partial charge in [-0.2, -0.15) is 0 Å². The predicted molar refractivity (Wildman–Crippen MR) is 76.7 cm³/mol. The summed E-state index contributed by atoms with van der Waals surface area (Å²) in [5.74, 6) is 5.02. The molecule has 0 radical (unpaired) electrons. The van der Waals surface area contributed by atoms with Crippen molar-refractivity contribution in [3.63, 3.8) is 0 Å². The Hall–Kier alpha value is -2.19. The van der Waals surface area contributed by atoms with Crippen molar-refractivity contribution in [2.45, 2.75) is 25.3 Å². The number of carbonyl (C=O) groups excluding carboxylic acids is 1. The van der Waals surface area contributed by atoms with Crippen molar-refractivity contribution in [1.29, 1.82) is 0 Å². The molecule has 0 aromatic heterocycles. The topological polar surface area (TPSA) is 122 Å². The number of rotatable bonds is 4. The number of benzene rings is 1. The third-order valence-electron chi connectivity index (χ3n) is 3.70. The molecule has 1 saturated heterocycles. The number of aliphatic hydroxyl groups excluding tert-OH is 1. The molecular formula is C13H18N4O4. The minimum absolute atomic E-state index is 0.119. The molecule has 1 aliphatic rings. The van der Waals surface area contributed by atoms with Gasteiger partial charge in [-0.1, -0.05) is 0 Å². The summed E-state index contributed by atoms with van der Waals surface area (Å²) in [4.78, 5) is 24.5. The molecule has 1 heterocycles. The molecule has 4 N–H and O–H groups in total. The van der Waals surface area contributed by atoms with Gasteiger partial charge >= 0.3 is 0 Å². The number of likely N-dealkylation sites (tertiary alicyclic amines) is 1. The van der Waals surface area contributed by atoms with Crippen LogP contribution in [0.5, 0.6) is 0 Å². The molecular weight excluding hydrogens is 276 g/mol. The van der Waals surface area contributed by atoms with Gasteiger partial charge in [0.05, 0.1) is 28.8 Å². The highest BCUT2D eigenvalue weighted by atomic mass is 16.6. The summed E-state index contributed by atoms with van der Waals surface area (Å²) >= 11 is 0. The molecule has 1 aliphatic heterocycles. The van der Waals surface area contributed by atoms with Gasteiger partial charge in [0.1, 0.15) is 0 Å². The van der Waals surface area contributed by atoms with Gasteiger partial charge in [-0.05, 0) is 25.3 Å². The number of nitrogen functional groups attached to an aromatic ring is 1. The summed E-state index contributed by atoms with van der Waals surface area (Å²) in [6.45, 7) is 0.406. The minimum Gasteiger partial charge on any atom is -0.394 e. The molecule has 1 unspecified atom stereocenters. The summed E-state index contributed by atoms with van der Waals surface area (Å²) in [5, 5.41) is 20.2. The molecule has 114 valence electrons. The number of nitro benzene ring substituents is 1. The van der Waals surface area contributed by atoms with Crippen molar-refractivity contribution >= 4 is 17.3 Å². The zero-order valence-corrected chi connectivity index (χ0v) is 11.5. The van der Waals surface area contributed by atoms with Crippen LogP contribution in [0.15, 0.2) is 18.2 Å². The number of aliphatic hydroxyl groups is 1. The van der Waals surface area contributed by atoms with E-state index in [0.29, 0.717) is 12.2 Å². The molecule has 1 aromatic carbocycles. The van der Waals surface area contributed by atoms with E-state index in [1.165, 1.54) is 18.2 Å². The van der Waals surface area contributed by atoms with Crippen molar-refractivity contribution in [2.24, 2.45) is 5.84 Å². The monoisotopic (exact) mass is 294 g/mol. The van der Waals surface area contributed by atoms with Crippen LogP contribution in [-0.4, -0.2) is 40.0 Å². The number of nitrogens with zero attached hydrogens (tertiary/aromatic N) is 2. The van der Waals surface area contributed by atoms with E-state index in [9.17, 15) is 20.0 Å². The highest BCUT2D eigenvalue weighted by Gasteiger charge is 2.29. The zero-order valence-electron chi connectivity index (χ0n) is 11.5. The molecule has 0 bridgehead atoms. The van der Waals surface area contributed by atoms with Crippen LogP contribution in [0.3, 0.4) is 0 Å². The Bertz CT molecular complexity index is 549. The molecule has 2 rings (SSSR count). The van der Waals surface area contributed by atoms with Crippen molar-refractivity contribution in [3.05, 3.63) is 33.9 Å². The number of nitrogens with one attached hydrogen (secondary N) is 1. The zero-order chi connectivity index (χ0) is 15.4. The van der Waals surface area contributed by atoms with Gasteiger partial charge in [0.25, 0.3) is 11.6 Å². The highest BCUT2D eigenvalue weighted by Crippen LogP contribution is 2.26. The van der Waals surface area contributed by atoms with Crippen LogP contribution in [-0.2, 0) is 0 Å². The van der Waals surface area contributed by atoms with E-state index in [4.69, 9.17) is 5.84 Å². The molecule has 1 fully saturated rings. The Morgan fingerprint density at radius 2 is 2.29 bits per heavy atom. The Balaban J connectivity index is 2.36. The quantitative estimate of drug-likeness (QED) is 0.430. The molecule has 1 atom stereocenters. The van der Waals surface area contributed by atoms with Crippen molar-refractivity contribution in [1.82, 2.24) is 4.90 Å². The number of hydrogen-bond acceptors (Lipinski definition) is 6. The first kappa shape index (κ1) is 15.2. The number of anilines is 1. The molecule has 0 spiro atoms. The molecule has 1 aromatic rings. The summed E-state index contributed by atoms with van der Waals surface area (Å²) < 4.78 is 0. The molecule has 8 heteroatoms. The van der Waals surface area contributed by atoms with E-state index in [0.717, 1.165) is 19.3 Å². The largest absolute Gasteiger partial charge is 0.394 e. The van der Waals surface area contributed by atoms with Crippen LogP contribution >= 0.6 is 0 Å². The van der Waals surface area contributed by atoms with E-state index in [2.05, 4.69) is 5.43 Å². The van der Waals surface area contributed by atoms with Crippen molar-refractivity contribution in [2.75, 3.05) is 18.6 Å². The Labute approximate surface area is 121 Å². The highest BCUT2D eigenvalue weighted by molar-refractivity contribution is 6.00. The number of non-ortho nitro benzene ring substituents is 1.